The molecule has 0 amide bonds. The van der Waals surface area contributed by atoms with Gasteiger partial charge in [0, 0.05) is 11.6 Å². The van der Waals surface area contributed by atoms with Crippen molar-refractivity contribution in [3.8, 4) is 11.5 Å². The Morgan fingerprint density at radius 1 is 1.15 bits per heavy atom. The van der Waals surface area contributed by atoms with Crippen LogP contribution in [-0.2, 0) is 0 Å². The Labute approximate surface area is 77.1 Å². The number of allylic oxidation sites excluding steroid dienone is 2. The second-order valence-corrected chi connectivity index (χ2v) is 3.32. The van der Waals surface area contributed by atoms with Crippen molar-refractivity contribution in [1.29, 1.82) is 0 Å². The minimum atomic E-state index is 0.111. The summed E-state index contributed by atoms with van der Waals surface area (Å²) in [5, 5.41) is 18.7. The van der Waals surface area contributed by atoms with Gasteiger partial charge < -0.3 is 10.2 Å². The van der Waals surface area contributed by atoms with Gasteiger partial charge in [0.15, 0.2) is 0 Å². The second kappa shape index (κ2) is 3.13. The lowest BCUT2D eigenvalue weighted by Gasteiger charge is -2.05. The highest BCUT2D eigenvalue weighted by Gasteiger charge is 2.10. The van der Waals surface area contributed by atoms with E-state index in [0.29, 0.717) is 0 Å². The number of phenols is 2. The van der Waals surface area contributed by atoms with E-state index < -0.39 is 0 Å². The molecular formula is C11H12O2. The number of hydrogen-bond donors (Lipinski definition) is 2. The molecule has 0 saturated heterocycles. The van der Waals surface area contributed by atoms with Crippen LogP contribution in [0.2, 0.25) is 0 Å². The first kappa shape index (κ1) is 8.17. The van der Waals surface area contributed by atoms with E-state index in [-0.39, 0.29) is 11.5 Å². The first-order valence-electron chi connectivity index (χ1n) is 4.49. The molecule has 0 fully saturated rings. The molecule has 0 saturated carbocycles. The first-order chi connectivity index (χ1) is 6.27. The van der Waals surface area contributed by atoms with Gasteiger partial charge in [-0.2, -0.15) is 0 Å². The molecule has 1 aromatic rings. The largest absolute Gasteiger partial charge is 0.508 e. The number of aromatic hydroxyl groups is 2. The summed E-state index contributed by atoms with van der Waals surface area (Å²) < 4.78 is 0. The Bertz CT molecular complexity index is 353. The average Bonchev–Trinajstić information content (AvgIpc) is 2.56. The van der Waals surface area contributed by atoms with Crippen LogP contribution >= 0.6 is 0 Å². The zero-order chi connectivity index (χ0) is 9.26. The third kappa shape index (κ3) is 1.52. The molecule has 1 aliphatic rings. The van der Waals surface area contributed by atoms with Crippen molar-refractivity contribution < 1.29 is 10.2 Å². The first-order valence-corrected chi connectivity index (χ1v) is 4.49. The van der Waals surface area contributed by atoms with Gasteiger partial charge in [-0.15, -0.1) is 0 Å². The smallest absolute Gasteiger partial charge is 0.126 e. The molecule has 0 radical (unpaired) electrons. The quantitative estimate of drug-likeness (QED) is 0.690. The van der Waals surface area contributed by atoms with Crippen molar-refractivity contribution in [3.63, 3.8) is 0 Å². The van der Waals surface area contributed by atoms with Gasteiger partial charge in [0.1, 0.15) is 11.5 Å². The van der Waals surface area contributed by atoms with E-state index in [1.54, 1.807) is 12.1 Å². The van der Waals surface area contributed by atoms with E-state index in [9.17, 15) is 5.11 Å². The maximum Gasteiger partial charge on any atom is 0.126 e. The van der Waals surface area contributed by atoms with Crippen LogP contribution in [0, 0.1) is 0 Å². The molecule has 0 spiro atoms. The molecule has 1 aromatic carbocycles. The summed E-state index contributed by atoms with van der Waals surface area (Å²) in [5.74, 6) is 0.285. The van der Waals surface area contributed by atoms with E-state index in [2.05, 4.69) is 6.08 Å². The Balaban J connectivity index is 2.40. The fourth-order valence-electron chi connectivity index (χ4n) is 1.71. The van der Waals surface area contributed by atoms with Crippen molar-refractivity contribution in [3.05, 3.63) is 29.8 Å². The molecule has 0 aromatic heterocycles. The van der Waals surface area contributed by atoms with Crippen molar-refractivity contribution in [2.45, 2.75) is 19.3 Å². The molecule has 0 unspecified atom stereocenters. The lowest BCUT2D eigenvalue weighted by atomic mass is 10.0. The van der Waals surface area contributed by atoms with E-state index in [0.717, 1.165) is 24.8 Å². The third-order valence-corrected chi connectivity index (χ3v) is 2.37. The third-order valence-electron chi connectivity index (χ3n) is 2.37. The van der Waals surface area contributed by atoms with Crippen LogP contribution in [0.15, 0.2) is 24.3 Å². The summed E-state index contributed by atoms with van der Waals surface area (Å²) >= 11 is 0. The van der Waals surface area contributed by atoms with Crippen LogP contribution in [-0.4, -0.2) is 10.2 Å². The summed E-state index contributed by atoms with van der Waals surface area (Å²) in [6.07, 6.45) is 5.43. The zero-order valence-corrected chi connectivity index (χ0v) is 7.33. The molecule has 0 atom stereocenters. The summed E-state index contributed by atoms with van der Waals surface area (Å²) in [6.45, 7) is 0. The molecule has 0 heterocycles. The Kier molecular flexibility index (Phi) is 1.97. The monoisotopic (exact) mass is 176 g/mol. The number of phenolic OH excluding ortho intramolecular Hbond substituents is 2. The molecule has 0 bridgehead atoms. The van der Waals surface area contributed by atoms with Crippen LogP contribution in [0.25, 0.3) is 5.57 Å². The average molecular weight is 176 g/mol. The van der Waals surface area contributed by atoms with Crippen molar-refractivity contribution in [1.82, 2.24) is 0 Å². The summed E-state index contributed by atoms with van der Waals surface area (Å²) in [7, 11) is 0. The van der Waals surface area contributed by atoms with Gasteiger partial charge in [0.05, 0.1) is 0 Å². The van der Waals surface area contributed by atoms with Crippen LogP contribution in [0.3, 0.4) is 0 Å². The fraction of sp³-hybridized carbons (Fsp3) is 0.273. The van der Waals surface area contributed by atoms with E-state index in [4.69, 9.17) is 5.11 Å². The van der Waals surface area contributed by atoms with Gasteiger partial charge >= 0.3 is 0 Å². The summed E-state index contributed by atoms with van der Waals surface area (Å²) in [6, 6.07) is 4.75. The van der Waals surface area contributed by atoms with Crippen molar-refractivity contribution >= 4 is 5.57 Å². The number of hydrogen-bond acceptors (Lipinski definition) is 2. The van der Waals surface area contributed by atoms with Crippen LogP contribution in [0.4, 0.5) is 0 Å². The lowest BCUT2D eigenvalue weighted by Crippen LogP contribution is -1.81. The van der Waals surface area contributed by atoms with Crippen LogP contribution < -0.4 is 0 Å². The second-order valence-electron chi connectivity index (χ2n) is 3.32. The molecule has 2 nitrogen and oxygen atoms in total. The lowest BCUT2D eigenvalue weighted by molar-refractivity contribution is 0.449. The summed E-state index contributed by atoms with van der Waals surface area (Å²) in [4.78, 5) is 0. The van der Waals surface area contributed by atoms with Crippen molar-refractivity contribution in [2.24, 2.45) is 0 Å². The highest BCUT2D eigenvalue weighted by Crippen LogP contribution is 2.34. The highest BCUT2D eigenvalue weighted by molar-refractivity contribution is 5.72. The molecule has 13 heavy (non-hydrogen) atoms. The summed E-state index contributed by atoms with van der Waals surface area (Å²) in [5.41, 5.74) is 2.05. The topological polar surface area (TPSA) is 40.5 Å². The molecule has 1 aliphatic carbocycles. The Morgan fingerprint density at radius 3 is 2.62 bits per heavy atom. The number of benzene rings is 1. The van der Waals surface area contributed by atoms with Gasteiger partial charge in [-0.25, -0.2) is 0 Å². The normalized spacial score (nSPS) is 15.8. The van der Waals surface area contributed by atoms with E-state index in [1.807, 2.05) is 0 Å². The van der Waals surface area contributed by atoms with Gasteiger partial charge in [-0.3, -0.25) is 0 Å². The molecule has 68 valence electrons. The maximum atomic E-state index is 9.55. The molecular weight excluding hydrogens is 164 g/mol. The molecule has 2 rings (SSSR count). The van der Waals surface area contributed by atoms with E-state index in [1.165, 1.54) is 11.6 Å². The Morgan fingerprint density at radius 2 is 2.00 bits per heavy atom. The zero-order valence-electron chi connectivity index (χ0n) is 7.33. The fourth-order valence-corrected chi connectivity index (χ4v) is 1.71. The SMILES string of the molecule is Oc1ccc(C2=CCCC2)c(O)c1. The molecule has 2 N–H and O–H groups in total. The standard InChI is InChI=1S/C11H12O2/c12-9-5-6-10(11(13)7-9)8-3-1-2-4-8/h3,5-7,12-13H,1-2,4H2. The van der Waals surface area contributed by atoms with Crippen molar-refractivity contribution in [2.75, 3.05) is 0 Å². The Hall–Kier alpha value is -1.44. The van der Waals surface area contributed by atoms with Gasteiger partial charge in [0.25, 0.3) is 0 Å². The predicted octanol–water partition coefficient (Wildman–Crippen LogP) is 2.67. The van der Waals surface area contributed by atoms with E-state index >= 15 is 0 Å². The van der Waals surface area contributed by atoms with Gasteiger partial charge in [-0.1, -0.05) is 6.08 Å². The van der Waals surface area contributed by atoms with Crippen LogP contribution in [0.5, 0.6) is 11.5 Å². The molecule has 0 aliphatic heterocycles. The predicted molar refractivity (Wildman–Crippen MR) is 51.6 cm³/mol. The minimum Gasteiger partial charge on any atom is -0.508 e. The van der Waals surface area contributed by atoms with Gasteiger partial charge in [-0.05, 0) is 37.0 Å². The molecule has 2 heteroatoms. The minimum absolute atomic E-state index is 0.111. The highest BCUT2D eigenvalue weighted by atomic mass is 16.3. The van der Waals surface area contributed by atoms with Crippen LogP contribution in [0.1, 0.15) is 24.8 Å². The maximum absolute atomic E-state index is 9.55. The number of rotatable bonds is 1. The van der Waals surface area contributed by atoms with Gasteiger partial charge in [0.2, 0.25) is 0 Å².